The molecule has 1 aromatic carbocycles. The molecule has 0 aliphatic heterocycles. The van der Waals surface area contributed by atoms with Crippen LogP contribution in [0.3, 0.4) is 0 Å². The van der Waals surface area contributed by atoms with Gasteiger partial charge in [-0.05, 0) is 36.4 Å². The van der Waals surface area contributed by atoms with E-state index in [4.69, 9.17) is 19.3 Å². The van der Waals surface area contributed by atoms with Crippen molar-refractivity contribution < 1.29 is 23.2 Å². The number of hydrogen-bond donors (Lipinski definition) is 2. The summed E-state index contributed by atoms with van der Waals surface area (Å²) in [5.74, 6) is -0.649. The summed E-state index contributed by atoms with van der Waals surface area (Å²) in [7, 11) is 1.53. The van der Waals surface area contributed by atoms with E-state index < -0.39 is 11.8 Å². The van der Waals surface area contributed by atoms with Gasteiger partial charge in [-0.2, -0.15) is 0 Å². The zero-order valence-corrected chi connectivity index (χ0v) is 12.6. The maximum Gasteiger partial charge on any atom is 0.307 e. The highest BCUT2D eigenvalue weighted by molar-refractivity contribution is 5.95. The highest BCUT2D eigenvalue weighted by Gasteiger charge is 2.12. The Labute approximate surface area is 135 Å². The molecule has 0 spiro atoms. The van der Waals surface area contributed by atoms with Gasteiger partial charge in [0.25, 0.3) is 5.91 Å². The number of nitrogens with one attached hydrogen (secondary N) is 1. The number of carbonyl (C=O) groups is 2. The predicted molar refractivity (Wildman–Crippen MR) is 83.0 cm³/mol. The molecule has 0 unspecified atom stereocenters. The second-order valence-corrected chi connectivity index (χ2v) is 4.76. The SMILES string of the molecule is COc1ccc2oc(=NNC(=O)c3ccco3)c(C(N)=O)cc2c1. The number of nitrogens with two attached hydrogens (primary N) is 1. The largest absolute Gasteiger partial charge is 0.497 e. The van der Waals surface area contributed by atoms with Crippen LogP contribution >= 0.6 is 0 Å². The van der Waals surface area contributed by atoms with E-state index in [0.29, 0.717) is 16.7 Å². The molecule has 0 saturated heterocycles. The summed E-state index contributed by atoms with van der Waals surface area (Å²) >= 11 is 0. The molecule has 0 atom stereocenters. The van der Waals surface area contributed by atoms with E-state index in [1.807, 2.05) is 0 Å². The molecule has 3 aromatic rings. The number of nitrogens with zero attached hydrogens (tertiary/aromatic N) is 1. The number of furan rings is 1. The fraction of sp³-hybridized carbons (Fsp3) is 0.0625. The summed E-state index contributed by atoms with van der Waals surface area (Å²) in [6.07, 6.45) is 1.36. The van der Waals surface area contributed by atoms with Gasteiger partial charge in [0.1, 0.15) is 16.9 Å². The van der Waals surface area contributed by atoms with Crippen LogP contribution in [0.15, 0.2) is 56.6 Å². The number of ether oxygens (including phenoxy) is 1. The van der Waals surface area contributed by atoms with Gasteiger partial charge < -0.3 is 19.3 Å². The zero-order chi connectivity index (χ0) is 17.1. The van der Waals surface area contributed by atoms with E-state index in [0.717, 1.165) is 0 Å². The predicted octanol–water partition coefficient (Wildman–Crippen LogP) is 1.38. The second-order valence-electron chi connectivity index (χ2n) is 4.76. The minimum Gasteiger partial charge on any atom is -0.497 e. The van der Waals surface area contributed by atoms with Crippen LogP contribution in [0.2, 0.25) is 0 Å². The third-order valence-corrected chi connectivity index (χ3v) is 3.22. The lowest BCUT2D eigenvalue weighted by molar-refractivity contribution is 0.0920. The molecule has 0 fully saturated rings. The molecule has 0 aliphatic carbocycles. The fourth-order valence-corrected chi connectivity index (χ4v) is 2.06. The lowest BCUT2D eigenvalue weighted by Crippen LogP contribution is -2.26. The van der Waals surface area contributed by atoms with Gasteiger partial charge in [0.05, 0.1) is 13.4 Å². The molecule has 0 radical (unpaired) electrons. The first kappa shape index (κ1) is 15.3. The summed E-state index contributed by atoms with van der Waals surface area (Å²) in [4.78, 5) is 23.5. The molecule has 3 rings (SSSR count). The molecule has 2 amide bonds. The van der Waals surface area contributed by atoms with Crippen molar-refractivity contribution >= 4 is 22.8 Å². The van der Waals surface area contributed by atoms with E-state index in [1.165, 1.54) is 25.5 Å². The Bertz CT molecular complexity index is 973. The van der Waals surface area contributed by atoms with Crippen LogP contribution in [0.25, 0.3) is 11.0 Å². The van der Waals surface area contributed by atoms with Gasteiger partial charge in [0, 0.05) is 5.39 Å². The number of rotatable bonds is 4. The summed E-state index contributed by atoms with van der Waals surface area (Å²) < 4.78 is 15.6. The Morgan fingerprint density at radius 1 is 1.25 bits per heavy atom. The van der Waals surface area contributed by atoms with Crippen molar-refractivity contribution in [3.63, 3.8) is 0 Å². The Morgan fingerprint density at radius 3 is 2.75 bits per heavy atom. The third-order valence-electron chi connectivity index (χ3n) is 3.22. The maximum atomic E-state index is 11.8. The Kier molecular flexibility index (Phi) is 4.02. The van der Waals surface area contributed by atoms with Gasteiger partial charge in [-0.3, -0.25) is 9.59 Å². The van der Waals surface area contributed by atoms with Crippen molar-refractivity contribution in [2.24, 2.45) is 10.8 Å². The normalized spacial score (nSPS) is 11.5. The fourth-order valence-electron chi connectivity index (χ4n) is 2.06. The summed E-state index contributed by atoms with van der Waals surface area (Å²) in [5.41, 5.74) is 7.97. The number of methoxy groups -OCH3 is 1. The average molecular weight is 327 g/mol. The Morgan fingerprint density at radius 2 is 2.08 bits per heavy atom. The smallest absolute Gasteiger partial charge is 0.307 e. The zero-order valence-electron chi connectivity index (χ0n) is 12.6. The van der Waals surface area contributed by atoms with Gasteiger partial charge in [-0.15, -0.1) is 5.10 Å². The first-order chi connectivity index (χ1) is 11.6. The van der Waals surface area contributed by atoms with E-state index in [1.54, 1.807) is 24.3 Å². The van der Waals surface area contributed by atoms with Crippen LogP contribution < -0.4 is 21.5 Å². The summed E-state index contributed by atoms with van der Waals surface area (Å²) in [6, 6.07) is 9.60. The Hall–Kier alpha value is -3.55. The van der Waals surface area contributed by atoms with Gasteiger partial charge in [0.15, 0.2) is 5.76 Å². The monoisotopic (exact) mass is 327 g/mol. The lowest BCUT2D eigenvalue weighted by Gasteiger charge is -2.04. The standard InChI is InChI=1S/C16H13N3O5/c1-22-10-4-5-12-9(7-10)8-11(14(17)20)16(24-12)19-18-15(21)13-3-2-6-23-13/h2-8H,1H3,(H2,17,20)(H,18,21). The van der Waals surface area contributed by atoms with Crippen LogP contribution in [0.1, 0.15) is 20.9 Å². The summed E-state index contributed by atoms with van der Waals surface area (Å²) in [6.45, 7) is 0. The van der Waals surface area contributed by atoms with Gasteiger partial charge in [-0.1, -0.05) is 0 Å². The second kappa shape index (κ2) is 6.29. The highest BCUT2D eigenvalue weighted by Crippen LogP contribution is 2.20. The molecular formula is C16H13N3O5. The van der Waals surface area contributed by atoms with Crippen LogP contribution in [-0.4, -0.2) is 18.9 Å². The molecule has 2 aromatic heterocycles. The van der Waals surface area contributed by atoms with E-state index >= 15 is 0 Å². The molecule has 2 heterocycles. The number of primary amides is 1. The molecule has 122 valence electrons. The van der Waals surface area contributed by atoms with E-state index in [2.05, 4.69) is 10.5 Å². The topological polar surface area (TPSA) is 120 Å². The average Bonchev–Trinajstić information content (AvgIpc) is 3.12. The number of hydrogen-bond acceptors (Lipinski definition) is 6. The van der Waals surface area contributed by atoms with Crippen LogP contribution in [0, 0.1) is 0 Å². The molecule has 0 bridgehead atoms. The molecular weight excluding hydrogens is 314 g/mol. The van der Waals surface area contributed by atoms with Crippen molar-refractivity contribution in [2.45, 2.75) is 0 Å². The van der Waals surface area contributed by atoms with Crippen molar-refractivity contribution in [2.75, 3.05) is 7.11 Å². The lowest BCUT2D eigenvalue weighted by atomic mass is 10.1. The van der Waals surface area contributed by atoms with Crippen LogP contribution in [0.4, 0.5) is 0 Å². The molecule has 8 heteroatoms. The van der Waals surface area contributed by atoms with Crippen LogP contribution in [-0.2, 0) is 0 Å². The van der Waals surface area contributed by atoms with Crippen molar-refractivity contribution in [1.29, 1.82) is 0 Å². The quantitative estimate of drug-likeness (QED) is 0.701. The van der Waals surface area contributed by atoms with Gasteiger partial charge >= 0.3 is 5.91 Å². The van der Waals surface area contributed by atoms with Gasteiger partial charge in [0.2, 0.25) is 5.55 Å². The number of carbonyl (C=O) groups excluding carboxylic acids is 2. The Balaban J connectivity index is 2.05. The maximum absolute atomic E-state index is 11.8. The van der Waals surface area contributed by atoms with E-state index in [9.17, 15) is 9.59 Å². The number of fused-ring (bicyclic) bond motifs is 1. The highest BCUT2D eigenvalue weighted by atomic mass is 16.5. The van der Waals surface area contributed by atoms with E-state index in [-0.39, 0.29) is 16.9 Å². The first-order valence-electron chi connectivity index (χ1n) is 6.88. The van der Waals surface area contributed by atoms with Crippen molar-refractivity contribution in [1.82, 2.24) is 5.43 Å². The van der Waals surface area contributed by atoms with Crippen molar-refractivity contribution in [3.05, 3.63) is 59.5 Å². The van der Waals surface area contributed by atoms with Crippen LogP contribution in [0.5, 0.6) is 5.75 Å². The first-order valence-corrected chi connectivity index (χ1v) is 6.88. The summed E-state index contributed by atoms with van der Waals surface area (Å²) in [5, 5.41) is 4.43. The minimum absolute atomic E-state index is 0.0236. The van der Waals surface area contributed by atoms with Gasteiger partial charge in [-0.25, -0.2) is 5.43 Å². The molecule has 8 nitrogen and oxygen atoms in total. The number of benzene rings is 1. The molecule has 0 saturated carbocycles. The molecule has 0 aliphatic rings. The third kappa shape index (κ3) is 2.98. The van der Waals surface area contributed by atoms with Crippen molar-refractivity contribution in [3.8, 4) is 5.75 Å². The minimum atomic E-state index is -0.741. The molecule has 3 N–H and O–H groups in total. The number of amides is 2. The molecule has 24 heavy (non-hydrogen) atoms.